The minimum atomic E-state index is -0.299. The van der Waals surface area contributed by atoms with Gasteiger partial charge >= 0.3 is 0 Å². The fourth-order valence-corrected chi connectivity index (χ4v) is 5.55. The molecule has 0 radical (unpaired) electrons. The molecule has 0 aromatic heterocycles. The molecule has 0 spiro atoms. The van der Waals surface area contributed by atoms with Gasteiger partial charge in [0.05, 0.1) is 26.4 Å². The van der Waals surface area contributed by atoms with E-state index in [9.17, 15) is 0 Å². The zero-order valence-corrected chi connectivity index (χ0v) is 29.9. The van der Waals surface area contributed by atoms with Crippen LogP contribution >= 0.6 is 0 Å². The molecular weight excluding hydrogens is 584 g/mol. The first-order chi connectivity index (χ1) is 23.2. The third kappa shape index (κ3) is 21.1. The maximum atomic E-state index is 6.47. The Morgan fingerprint density at radius 2 is 0.851 bits per heavy atom. The van der Waals surface area contributed by atoms with Crippen LogP contribution in [-0.2, 0) is 27.1 Å². The monoisotopic (exact) mass is 650 g/mol. The van der Waals surface area contributed by atoms with E-state index in [1.165, 1.54) is 101 Å². The highest BCUT2D eigenvalue weighted by atomic mass is 16.6. The lowest BCUT2D eigenvalue weighted by Crippen LogP contribution is -2.37. The summed E-state index contributed by atoms with van der Waals surface area (Å²) >= 11 is 0. The molecule has 0 saturated carbocycles. The second-order valence-electron chi connectivity index (χ2n) is 12.7. The van der Waals surface area contributed by atoms with Gasteiger partial charge in [0.15, 0.2) is 0 Å². The summed E-state index contributed by atoms with van der Waals surface area (Å²) in [4.78, 5) is 0. The van der Waals surface area contributed by atoms with Crippen molar-refractivity contribution >= 4 is 0 Å². The van der Waals surface area contributed by atoms with Gasteiger partial charge in [-0.25, -0.2) is 0 Å². The summed E-state index contributed by atoms with van der Waals surface area (Å²) in [7, 11) is 0. The molecule has 2 unspecified atom stereocenters. The van der Waals surface area contributed by atoms with Crippen molar-refractivity contribution in [3.63, 3.8) is 0 Å². The van der Waals surface area contributed by atoms with Crippen LogP contribution in [0.1, 0.15) is 115 Å². The standard InChI is InChI=1S/C42H66O5/c1-5-9-11-13-15-17-19-21-37-23-27-39(28-24-37)45-35-41(33-43-31-7-3)47-42(34-44-32-8-4)36-46-40-29-25-38(26-30-40)22-20-18-16-14-12-10-6-2/h7-8,23-30,41-42H,3-6,9-22,31-36H2,1-2H3. The van der Waals surface area contributed by atoms with E-state index in [1.807, 2.05) is 0 Å². The topological polar surface area (TPSA) is 46.2 Å². The fraction of sp³-hybridized carbons (Fsp3) is 0.619. The van der Waals surface area contributed by atoms with E-state index in [1.54, 1.807) is 12.2 Å². The Hall–Kier alpha value is -2.60. The molecular formula is C42H66O5. The molecule has 47 heavy (non-hydrogen) atoms. The van der Waals surface area contributed by atoms with Crippen molar-refractivity contribution in [1.82, 2.24) is 0 Å². The van der Waals surface area contributed by atoms with Crippen LogP contribution in [0, 0.1) is 0 Å². The van der Waals surface area contributed by atoms with Gasteiger partial charge in [-0.15, -0.1) is 13.2 Å². The number of hydrogen-bond donors (Lipinski definition) is 0. The zero-order chi connectivity index (χ0) is 33.6. The minimum absolute atomic E-state index is 0.299. The zero-order valence-electron chi connectivity index (χ0n) is 29.9. The summed E-state index contributed by atoms with van der Waals surface area (Å²) in [5.74, 6) is 1.66. The smallest absolute Gasteiger partial charge is 0.119 e. The average molecular weight is 651 g/mol. The van der Waals surface area contributed by atoms with Crippen LogP contribution < -0.4 is 9.47 Å². The summed E-state index contributed by atoms with van der Waals surface area (Å²) < 4.78 is 30.4. The van der Waals surface area contributed by atoms with Crippen LogP contribution in [0.2, 0.25) is 0 Å². The van der Waals surface area contributed by atoms with Crippen molar-refractivity contribution in [3.8, 4) is 11.5 Å². The molecule has 0 heterocycles. The highest BCUT2D eigenvalue weighted by Crippen LogP contribution is 2.18. The maximum absolute atomic E-state index is 6.47. The van der Waals surface area contributed by atoms with Gasteiger partial charge in [-0.2, -0.15) is 0 Å². The molecule has 0 bridgehead atoms. The maximum Gasteiger partial charge on any atom is 0.119 e. The van der Waals surface area contributed by atoms with Gasteiger partial charge in [0.1, 0.15) is 36.9 Å². The largest absolute Gasteiger partial charge is 0.491 e. The van der Waals surface area contributed by atoms with Gasteiger partial charge in [-0.3, -0.25) is 0 Å². The predicted molar refractivity (Wildman–Crippen MR) is 198 cm³/mol. The number of hydrogen-bond acceptors (Lipinski definition) is 5. The SMILES string of the molecule is C=CCOCC(COc1ccc(CCCCCCCCC)cc1)OC(COCC=C)COc1ccc(CCCCCCCCC)cc1. The van der Waals surface area contributed by atoms with E-state index >= 15 is 0 Å². The van der Waals surface area contributed by atoms with Crippen LogP contribution in [0.25, 0.3) is 0 Å². The quantitative estimate of drug-likeness (QED) is 0.0582. The van der Waals surface area contributed by atoms with Gasteiger partial charge in [-0.05, 0) is 61.1 Å². The van der Waals surface area contributed by atoms with Gasteiger partial charge < -0.3 is 23.7 Å². The van der Waals surface area contributed by atoms with Gasteiger partial charge in [0.2, 0.25) is 0 Å². The van der Waals surface area contributed by atoms with E-state index in [-0.39, 0.29) is 12.2 Å². The van der Waals surface area contributed by atoms with E-state index in [2.05, 4.69) is 75.5 Å². The Bertz CT molecular complexity index is 921. The second-order valence-corrected chi connectivity index (χ2v) is 12.7. The molecule has 0 N–H and O–H groups in total. The summed E-state index contributed by atoms with van der Waals surface area (Å²) in [6.45, 7) is 14.5. The van der Waals surface area contributed by atoms with Gasteiger partial charge in [0, 0.05) is 0 Å². The van der Waals surface area contributed by atoms with Crippen molar-refractivity contribution in [2.45, 2.75) is 129 Å². The summed E-state index contributed by atoms with van der Waals surface area (Å²) in [6, 6.07) is 16.9. The summed E-state index contributed by atoms with van der Waals surface area (Å²) in [6.07, 6.45) is 23.7. The second kappa shape index (κ2) is 28.4. The molecule has 2 aromatic rings. The lowest BCUT2D eigenvalue weighted by Gasteiger charge is -2.25. The third-order valence-electron chi connectivity index (χ3n) is 8.32. The van der Waals surface area contributed by atoms with Gasteiger partial charge in [0.25, 0.3) is 0 Å². The van der Waals surface area contributed by atoms with E-state index < -0.39 is 0 Å². The number of unbranched alkanes of at least 4 members (excludes halogenated alkanes) is 12. The first-order valence-corrected chi connectivity index (χ1v) is 18.6. The molecule has 2 atom stereocenters. The number of ether oxygens (including phenoxy) is 5. The Balaban J connectivity index is 1.84. The lowest BCUT2D eigenvalue weighted by atomic mass is 10.0. The number of benzene rings is 2. The molecule has 0 fully saturated rings. The van der Waals surface area contributed by atoms with Crippen LogP contribution in [0.5, 0.6) is 11.5 Å². The third-order valence-corrected chi connectivity index (χ3v) is 8.32. The summed E-state index contributed by atoms with van der Waals surface area (Å²) in [5.41, 5.74) is 2.71. The Labute approximate surface area is 288 Å². The van der Waals surface area contributed by atoms with E-state index in [0.717, 1.165) is 24.3 Å². The molecule has 264 valence electrons. The molecule has 0 saturated heterocycles. The molecule has 0 aliphatic rings. The van der Waals surface area contributed by atoms with Crippen LogP contribution in [0.4, 0.5) is 0 Å². The Morgan fingerprint density at radius 1 is 0.489 bits per heavy atom. The molecule has 0 aliphatic heterocycles. The first-order valence-electron chi connectivity index (χ1n) is 18.6. The molecule has 5 nitrogen and oxygen atoms in total. The fourth-order valence-electron chi connectivity index (χ4n) is 5.55. The van der Waals surface area contributed by atoms with Crippen LogP contribution in [0.3, 0.4) is 0 Å². The van der Waals surface area contributed by atoms with Gasteiger partial charge in [-0.1, -0.05) is 127 Å². The first kappa shape index (κ1) is 40.6. The van der Waals surface area contributed by atoms with Crippen molar-refractivity contribution in [2.75, 3.05) is 39.6 Å². The average Bonchev–Trinajstić information content (AvgIpc) is 3.09. The number of rotatable bonds is 32. The molecule has 0 aliphatic carbocycles. The molecule has 5 heteroatoms. The van der Waals surface area contributed by atoms with Crippen molar-refractivity contribution in [1.29, 1.82) is 0 Å². The molecule has 0 amide bonds. The normalized spacial score (nSPS) is 12.5. The lowest BCUT2D eigenvalue weighted by molar-refractivity contribution is -0.105. The molecule has 2 aromatic carbocycles. The van der Waals surface area contributed by atoms with Crippen molar-refractivity contribution in [2.24, 2.45) is 0 Å². The Morgan fingerprint density at radius 3 is 1.21 bits per heavy atom. The molecule has 2 rings (SSSR count). The Kier molecular flexibility index (Phi) is 24.5. The van der Waals surface area contributed by atoms with Crippen molar-refractivity contribution in [3.05, 3.63) is 85.0 Å². The summed E-state index contributed by atoms with van der Waals surface area (Å²) in [5, 5.41) is 0. The van der Waals surface area contributed by atoms with Crippen molar-refractivity contribution < 1.29 is 23.7 Å². The highest BCUT2D eigenvalue weighted by molar-refractivity contribution is 5.28. The highest BCUT2D eigenvalue weighted by Gasteiger charge is 2.20. The minimum Gasteiger partial charge on any atom is -0.491 e. The van der Waals surface area contributed by atoms with E-state index in [0.29, 0.717) is 39.6 Å². The predicted octanol–water partition coefficient (Wildman–Crippen LogP) is 10.9. The number of aryl methyl sites for hydroxylation is 2. The van der Waals surface area contributed by atoms with Crippen LogP contribution in [-0.4, -0.2) is 51.8 Å². The van der Waals surface area contributed by atoms with Crippen LogP contribution in [0.15, 0.2) is 73.8 Å². The van der Waals surface area contributed by atoms with E-state index in [4.69, 9.17) is 23.7 Å².